The van der Waals surface area contributed by atoms with Gasteiger partial charge in [-0.15, -0.1) is 0 Å². The Labute approximate surface area is 101 Å². The molecule has 1 rings (SSSR count). The molecule has 1 aromatic carbocycles. The molecule has 0 aliphatic carbocycles. The van der Waals surface area contributed by atoms with E-state index in [-0.39, 0.29) is 17.2 Å². The number of methoxy groups -OCH3 is 3. The van der Waals surface area contributed by atoms with Gasteiger partial charge in [0, 0.05) is 5.56 Å². The molecular weight excluding hydrogens is 253 g/mol. The summed E-state index contributed by atoms with van der Waals surface area (Å²) in [6.45, 7) is 0. The summed E-state index contributed by atoms with van der Waals surface area (Å²) in [7, 11) is 3.81. The fourth-order valence-corrected chi connectivity index (χ4v) is 1.38. The van der Waals surface area contributed by atoms with Crippen LogP contribution in [0.5, 0.6) is 17.2 Å². The number of rotatable bonds is 4. The Hall–Kier alpha value is -1.92. The van der Waals surface area contributed by atoms with Crippen molar-refractivity contribution in [1.29, 1.82) is 0 Å². The maximum absolute atomic E-state index is 12.3. The number of ketones is 1. The molecule has 0 N–H and O–H groups in total. The molecule has 0 unspecified atom stereocenters. The third kappa shape index (κ3) is 2.66. The molecule has 18 heavy (non-hydrogen) atoms. The average Bonchev–Trinajstić information content (AvgIpc) is 2.34. The highest BCUT2D eigenvalue weighted by Gasteiger charge is 2.40. The Bertz CT molecular complexity index is 429. The van der Waals surface area contributed by atoms with E-state index in [2.05, 4.69) is 0 Å². The number of Topliss-reactive ketones (excluding diaryl/α,β-unsaturated/α-hetero) is 1. The lowest BCUT2D eigenvalue weighted by atomic mass is 10.1. The zero-order chi connectivity index (χ0) is 13.9. The number of benzene rings is 1. The van der Waals surface area contributed by atoms with Crippen molar-refractivity contribution in [3.8, 4) is 17.2 Å². The predicted octanol–water partition coefficient (Wildman–Crippen LogP) is 2.46. The van der Waals surface area contributed by atoms with Crippen LogP contribution < -0.4 is 14.2 Å². The third-order valence-electron chi connectivity index (χ3n) is 2.18. The van der Waals surface area contributed by atoms with Gasteiger partial charge in [0.1, 0.15) is 0 Å². The molecule has 0 aromatic heterocycles. The molecule has 0 amide bonds. The normalized spacial score (nSPS) is 11.0. The Morgan fingerprint density at radius 2 is 1.44 bits per heavy atom. The van der Waals surface area contributed by atoms with E-state index in [1.807, 2.05) is 0 Å². The molecule has 7 heteroatoms. The lowest BCUT2D eigenvalue weighted by Crippen LogP contribution is -2.22. The minimum Gasteiger partial charge on any atom is -0.493 e. The van der Waals surface area contributed by atoms with Gasteiger partial charge in [0.25, 0.3) is 5.78 Å². The molecule has 0 spiro atoms. The molecule has 0 fully saturated rings. The summed E-state index contributed by atoms with van der Waals surface area (Å²) in [4.78, 5) is 11.1. The summed E-state index contributed by atoms with van der Waals surface area (Å²) in [5.41, 5.74) is -0.572. The van der Waals surface area contributed by atoms with Crippen molar-refractivity contribution in [3.05, 3.63) is 17.7 Å². The van der Waals surface area contributed by atoms with Gasteiger partial charge in [0.2, 0.25) is 5.75 Å². The quantitative estimate of drug-likeness (QED) is 0.783. The van der Waals surface area contributed by atoms with Crippen molar-refractivity contribution in [2.45, 2.75) is 6.18 Å². The lowest BCUT2D eigenvalue weighted by Gasteiger charge is -2.14. The van der Waals surface area contributed by atoms with E-state index in [4.69, 9.17) is 14.2 Å². The number of hydrogen-bond donors (Lipinski definition) is 0. The van der Waals surface area contributed by atoms with E-state index in [0.717, 1.165) is 12.1 Å². The summed E-state index contributed by atoms with van der Waals surface area (Å²) in [5.74, 6) is -1.87. The SMILES string of the molecule is COc1cc(C(=O)C(F)(F)F)cc(OC)c1OC. The minimum absolute atomic E-state index is 0.00977. The van der Waals surface area contributed by atoms with Crippen LogP contribution in [0.15, 0.2) is 12.1 Å². The van der Waals surface area contributed by atoms with Crippen LogP contribution in [0.2, 0.25) is 0 Å². The van der Waals surface area contributed by atoms with Gasteiger partial charge in [-0.25, -0.2) is 0 Å². The third-order valence-corrected chi connectivity index (χ3v) is 2.18. The van der Waals surface area contributed by atoms with Crippen LogP contribution >= 0.6 is 0 Å². The van der Waals surface area contributed by atoms with Crippen LogP contribution in [-0.2, 0) is 0 Å². The lowest BCUT2D eigenvalue weighted by molar-refractivity contribution is -0.0885. The van der Waals surface area contributed by atoms with E-state index in [0.29, 0.717) is 0 Å². The molecule has 100 valence electrons. The summed E-state index contributed by atoms with van der Waals surface area (Å²) in [6.07, 6.45) is -4.95. The van der Waals surface area contributed by atoms with E-state index in [9.17, 15) is 18.0 Å². The molecule has 1 aromatic rings. The smallest absolute Gasteiger partial charge is 0.454 e. The fourth-order valence-electron chi connectivity index (χ4n) is 1.38. The molecular formula is C11H11F3O4. The van der Waals surface area contributed by atoms with Crippen LogP contribution in [0.3, 0.4) is 0 Å². The van der Waals surface area contributed by atoms with Crippen LogP contribution in [-0.4, -0.2) is 33.3 Å². The number of hydrogen-bond acceptors (Lipinski definition) is 4. The number of ether oxygens (including phenoxy) is 3. The Kier molecular flexibility index (Phi) is 4.05. The van der Waals surface area contributed by atoms with Gasteiger partial charge < -0.3 is 14.2 Å². The number of carbonyl (C=O) groups is 1. The van der Waals surface area contributed by atoms with E-state index >= 15 is 0 Å². The van der Waals surface area contributed by atoms with Gasteiger partial charge in [-0.05, 0) is 12.1 Å². The first kappa shape index (κ1) is 14.1. The number of alkyl halides is 3. The summed E-state index contributed by atoms with van der Waals surface area (Å²) in [6, 6.07) is 1.91. The molecule has 0 aliphatic heterocycles. The fraction of sp³-hybridized carbons (Fsp3) is 0.364. The molecule has 0 atom stereocenters. The number of carbonyl (C=O) groups excluding carboxylic acids is 1. The van der Waals surface area contributed by atoms with Crippen LogP contribution in [0.4, 0.5) is 13.2 Å². The minimum atomic E-state index is -4.95. The molecule has 0 saturated heterocycles. The first-order chi connectivity index (χ1) is 8.35. The molecule has 0 aliphatic rings. The largest absolute Gasteiger partial charge is 0.493 e. The highest BCUT2D eigenvalue weighted by molar-refractivity contribution is 6.01. The van der Waals surface area contributed by atoms with Crippen molar-refractivity contribution < 1.29 is 32.2 Å². The second kappa shape index (κ2) is 5.16. The predicted molar refractivity (Wildman–Crippen MR) is 56.5 cm³/mol. The van der Waals surface area contributed by atoms with E-state index in [1.165, 1.54) is 21.3 Å². The molecule has 0 radical (unpaired) electrons. The van der Waals surface area contributed by atoms with Crippen molar-refractivity contribution in [2.75, 3.05) is 21.3 Å². The maximum Gasteiger partial charge on any atom is 0.454 e. The van der Waals surface area contributed by atoms with Crippen molar-refractivity contribution in [1.82, 2.24) is 0 Å². The van der Waals surface area contributed by atoms with Gasteiger partial charge in [-0.2, -0.15) is 13.2 Å². The second-order valence-electron chi connectivity index (χ2n) is 3.24. The Morgan fingerprint density at radius 3 is 1.72 bits per heavy atom. The standard InChI is InChI=1S/C11H11F3O4/c1-16-7-4-6(10(15)11(12,13)14)5-8(17-2)9(7)18-3/h4-5H,1-3H3. The summed E-state index contributed by atoms with van der Waals surface area (Å²) < 4.78 is 51.6. The first-order valence-electron chi connectivity index (χ1n) is 4.76. The number of halogens is 3. The Balaban J connectivity index is 3.36. The zero-order valence-electron chi connectivity index (χ0n) is 9.92. The van der Waals surface area contributed by atoms with Gasteiger partial charge in [-0.1, -0.05) is 0 Å². The molecule has 0 bridgehead atoms. The van der Waals surface area contributed by atoms with Crippen molar-refractivity contribution >= 4 is 5.78 Å². The van der Waals surface area contributed by atoms with Crippen molar-refractivity contribution in [2.24, 2.45) is 0 Å². The second-order valence-corrected chi connectivity index (χ2v) is 3.24. The monoisotopic (exact) mass is 264 g/mol. The zero-order valence-corrected chi connectivity index (χ0v) is 9.92. The molecule has 4 nitrogen and oxygen atoms in total. The van der Waals surface area contributed by atoms with Crippen LogP contribution in [0.1, 0.15) is 10.4 Å². The Morgan fingerprint density at radius 1 is 1.00 bits per heavy atom. The van der Waals surface area contributed by atoms with Gasteiger partial charge in [0.05, 0.1) is 21.3 Å². The van der Waals surface area contributed by atoms with E-state index in [1.54, 1.807) is 0 Å². The highest BCUT2D eigenvalue weighted by Crippen LogP contribution is 2.39. The summed E-state index contributed by atoms with van der Waals surface area (Å²) >= 11 is 0. The molecule has 0 heterocycles. The topological polar surface area (TPSA) is 44.8 Å². The van der Waals surface area contributed by atoms with Gasteiger partial charge in [-0.3, -0.25) is 4.79 Å². The molecule has 0 saturated carbocycles. The van der Waals surface area contributed by atoms with E-state index < -0.39 is 17.5 Å². The highest BCUT2D eigenvalue weighted by atomic mass is 19.4. The van der Waals surface area contributed by atoms with Gasteiger partial charge in [0.15, 0.2) is 11.5 Å². The van der Waals surface area contributed by atoms with Crippen molar-refractivity contribution in [3.63, 3.8) is 0 Å². The first-order valence-corrected chi connectivity index (χ1v) is 4.76. The van der Waals surface area contributed by atoms with Gasteiger partial charge >= 0.3 is 6.18 Å². The summed E-state index contributed by atoms with van der Waals surface area (Å²) in [5, 5.41) is 0. The van der Waals surface area contributed by atoms with Crippen LogP contribution in [0.25, 0.3) is 0 Å². The average molecular weight is 264 g/mol. The maximum atomic E-state index is 12.3. The van der Waals surface area contributed by atoms with Crippen LogP contribution in [0, 0.1) is 0 Å².